The van der Waals surface area contributed by atoms with E-state index in [4.69, 9.17) is 8.92 Å². The predicted molar refractivity (Wildman–Crippen MR) is 164 cm³/mol. The number of hydrogen-bond acceptors (Lipinski definition) is 10. The Bertz CT molecular complexity index is 1590. The second-order valence-electron chi connectivity index (χ2n) is 10.3. The highest BCUT2D eigenvalue weighted by molar-refractivity contribution is 7.93. The molecule has 3 aromatic rings. The zero-order chi connectivity index (χ0) is 30.6. The van der Waals surface area contributed by atoms with Crippen molar-refractivity contribution in [3.8, 4) is 17.3 Å². The number of morpholine rings is 1. The third-order valence-corrected chi connectivity index (χ3v) is 9.30. The molecule has 4 rings (SSSR count). The standard InChI is InChI=1S/C29H36N4O7S2/c1-18(27(16-30)42(37,38)31-17-26(40-41)29(36)28(35)19(2)34)24-8-9-25(32(24)3)22-5-4-21-15-23(7-6-20(21)14-22)33-10-12-39-13-11-33/h4-9,14-15,19,26,28-29,31,34-36,41H,10-13,17H2,1-3H3/b27-18+/t19-,26+,28+,29+/m0/s1. The first kappa shape index (κ1) is 32.0. The minimum atomic E-state index is -4.34. The number of anilines is 1. The molecular weight excluding hydrogens is 580 g/mol. The van der Waals surface area contributed by atoms with Crippen molar-refractivity contribution < 1.29 is 32.7 Å². The summed E-state index contributed by atoms with van der Waals surface area (Å²) >= 11 is 3.65. The molecule has 4 atom stereocenters. The Labute approximate surface area is 251 Å². The highest BCUT2D eigenvalue weighted by atomic mass is 32.2. The van der Waals surface area contributed by atoms with Crippen LogP contribution in [0.3, 0.4) is 0 Å². The predicted octanol–water partition coefficient (Wildman–Crippen LogP) is 2.19. The van der Waals surface area contributed by atoms with Gasteiger partial charge in [-0.3, -0.25) is 0 Å². The molecule has 11 nitrogen and oxygen atoms in total. The Morgan fingerprint density at radius 2 is 1.76 bits per heavy atom. The van der Waals surface area contributed by atoms with E-state index in [0.29, 0.717) is 18.9 Å². The lowest BCUT2D eigenvalue weighted by atomic mass is 10.0. The molecule has 0 amide bonds. The molecule has 1 saturated heterocycles. The Kier molecular flexibility index (Phi) is 10.3. The van der Waals surface area contributed by atoms with Gasteiger partial charge in [0, 0.05) is 49.3 Å². The van der Waals surface area contributed by atoms with Gasteiger partial charge in [0.25, 0.3) is 10.0 Å². The van der Waals surface area contributed by atoms with Crippen LogP contribution in [-0.2, 0) is 26.0 Å². The van der Waals surface area contributed by atoms with E-state index in [9.17, 15) is 29.0 Å². The van der Waals surface area contributed by atoms with Crippen LogP contribution >= 0.6 is 12.9 Å². The lowest BCUT2D eigenvalue weighted by Gasteiger charge is -2.29. The van der Waals surface area contributed by atoms with E-state index in [0.717, 1.165) is 40.8 Å². The van der Waals surface area contributed by atoms with E-state index < -0.39 is 45.9 Å². The van der Waals surface area contributed by atoms with Crippen molar-refractivity contribution in [1.29, 1.82) is 5.26 Å². The van der Waals surface area contributed by atoms with E-state index in [1.54, 1.807) is 26.1 Å². The third-order valence-electron chi connectivity index (χ3n) is 7.55. The lowest BCUT2D eigenvalue weighted by molar-refractivity contribution is -0.0872. The number of nitrogens with one attached hydrogen (secondary N) is 1. The van der Waals surface area contributed by atoms with Crippen molar-refractivity contribution in [1.82, 2.24) is 9.29 Å². The molecule has 0 bridgehead atoms. The maximum atomic E-state index is 13.1. The van der Waals surface area contributed by atoms with Crippen LogP contribution in [0.2, 0.25) is 0 Å². The first-order chi connectivity index (χ1) is 20.0. The third kappa shape index (κ3) is 6.82. The minimum Gasteiger partial charge on any atom is -0.391 e. The van der Waals surface area contributed by atoms with E-state index in [1.807, 2.05) is 16.7 Å². The summed E-state index contributed by atoms with van der Waals surface area (Å²) in [6, 6.07) is 17.9. The molecule has 1 aromatic heterocycles. The molecule has 42 heavy (non-hydrogen) atoms. The van der Waals surface area contributed by atoms with E-state index in [-0.39, 0.29) is 5.57 Å². The zero-order valence-electron chi connectivity index (χ0n) is 23.6. The first-order valence-electron chi connectivity index (χ1n) is 13.5. The van der Waals surface area contributed by atoms with Gasteiger partial charge in [-0.05, 0) is 73.4 Å². The number of thiol groups is 1. The number of hydrogen-bond donors (Lipinski definition) is 5. The number of benzene rings is 2. The Hall–Kier alpha value is -2.93. The van der Waals surface area contributed by atoms with Crippen LogP contribution in [0.5, 0.6) is 0 Å². The quantitative estimate of drug-likeness (QED) is 0.124. The normalized spacial score (nSPS) is 17.8. The van der Waals surface area contributed by atoms with Crippen LogP contribution in [0, 0.1) is 11.3 Å². The molecule has 0 radical (unpaired) electrons. The average molecular weight is 617 g/mol. The zero-order valence-corrected chi connectivity index (χ0v) is 25.3. The Morgan fingerprint density at radius 1 is 1.10 bits per heavy atom. The van der Waals surface area contributed by atoms with Crippen molar-refractivity contribution in [3.63, 3.8) is 0 Å². The van der Waals surface area contributed by atoms with E-state index >= 15 is 0 Å². The van der Waals surface area contributed by atoms with Crippen molar-refractivity contribution >= 4 is 45.0 Å². The number of ether oxygens (including phenoxy) is 1. The Balaban J connectivity index is 1.58. The fourth-order valence-electron chi connectivity index (χ4n) is 5.04. The van der Waals surface area contributed by atoms with Gasteiger partial charge in [0.15, 0.2) is 4.91 Å². The molecule has 4 N–H and O–H groups in total. The van der Waals surface area contributed by atoms with Crippen LogP contribution in [-0.4, -0.2) is 85.6 Å². The van der Waals surface area contributed by atoms with Crippen molar-refractivity contribution in [2.75, 3.05) is 37.7 Å². The van der Waals surface area contributed by atoms with E-state index in [2.05, 4.69) is 52.9 Å². The fraction of sp³-hybridized carbons (Fsp3) is 0.414. The molecule has 13 heteroatoms. The summed E-state index contributed by atoms with van der Waals surface area (Å²) in [7, 11) is -2.55. The van der Waals surface area contributed by atoms with Crippen molar-refractivity contribution in [2.24, 2.45) is 7.05 Å². The van der Waals surface area contributed by atoms with Crippen LogP contribution in [0.4, 0.5) is 5.69 Å². The second kappa shape index (κ2) is 13.6. The summed E-state index contributed by atoms with van der Waals surface area (Å²) in [5.74, 6) is 0. The molecule has 1 aliphatic rings. The number of aliphatic hydroxyl groups is 3. The molecule has 2 aromatic carbocycles. The summed E-state index contributed by atoms with van der Waals surface area (Å²) in [5, 5.41) is 41.6. The van der Waals surface area contributed by atoms with Gasteiger partial charge in [-0.1, -0.05) is 18.2 Å². The molecule has 1 aliphatic heterocycles. The summed E-state index contributed by atoms with van der Waals surface area (Å²) in [6.07, 6.45) is -5.82. The second-order valence-corrected chi connectivity index (χ2v) is 12.2. The van der Waals surface area contributed by atoms with Gasteiger partial charge < -0.3 is 33.7 Å². The van der Waals surface area contributed by atoms with Gasteiger partial charge in [0.2, 0.25) is 0 Å². The number of rotatable bonds is 11. The lowest BCUT2D eigenvalue weighted by Crippen LogP contribution is -2.48. The van der Waals surface area contributed by atoms with Crippen LogP contribution < -0.4 is 9.62 Å². The van der Waals surface area contributed by atoms with E-state index in [1.165, 1.54) is 6.92 Å². The largest absolute Gasteiger partial charge is 0.391 e. The number of aliphatic hydroxyl groups excluding tert-OH is 3. The first-order valence-corrected chi connectivity index (χ1v) is 15.3. The summed E-state index contributed by atoms with van der Waals surface area (Å²) in [5.41, 5.74) is 3.68. The smallest absolute Gasteiger partial charge is 0.251 e. The van der Waals surface area contributed by atoms with Crippen molar-refractivity contribution in [2.45, 2.75) is 38.3 Å². The monoisotopic (exact) mass is 616 g/mol. The topological polar surface area (TPSA) is 157 Å². The SMILES string of the molecule is C/C(=C(/C#N)S(=O)(=O)NC[C@@H](OS)[C@@H](O)[C@H](O)[C@H](C)O)c1ccc(-c2ccc3cc(N4CCOCC4)ccc3c2)n1C. The molecule has 2 heterocycles. The van der Waals surface area contributed by atoms with Crippen LogP contribution in [0.15, 0.2) is 53.4 Å². The fourth-order valence-corrected chi connectivity index (χ4v) is 6.39. The number of sulfonamides is 1. The van der Waals surface area contributed by atoms with Gasteiger partial charge in [0.1, 0.15) is 24.4 Å². The number of nitriles is 1. The molecule has 0 saturated carbocycles. The number of allylic oxidation sites excluding steroid dienone is 2. The molecule has 0 spiro atoms. The summed E-state index contributed by atoms with van der Waals surface area (Å²) < 4.78 is 40.6. The van der Waals surface area contributed by atoms with Gasteiger partial charge in [-0.25, -0.2) is 13.1 Å². The number of nitrogens with zero attached hydrogens (tertiary/aromatic N) is 3. The van der Waals surface area contributed by atoms with Crippen molar-refractivity contribution in [3.05, 3.63) is 59.1 Å². The maximum absolute atomic E-state index is 13.1. The highest BCUT2D eigenvalue weighted by Gasteiger charge is 2.32. The van der Waals surface area contributed by atoms with Crippen LogP contribution in [0.1, 0.15) is 19.5 Å². The molecular formula is C29H36N4O7S2. The summed E-state index contributed by atoms with van der Waals surface area (Å²) in [4.78, 5) is 1.80. The van der Waals surface area contributed by atoms with Crippen LogP contribution in [0.25, 0.3) is 27.6 Å². The molecule has 226 valence electrons. The highest BCUT2D eigenvalue weighted by Crippen LogP contribution is 2.31. The van der Waals surface area contributed by atoms with Gasteiger partial charge >= 0.3 is 0 Å². The number of aromatic nitrogens is 1. The average Bonchev–Trinajstić information content (AvgIpc) is 3.37. The maximum Gasteiger partial charge on any atom is 0.251 e. The van der Waals surface area contributed by atoms with Gasteiger partial charge in [-0.2, -0.15) is 5.26 Å². The molecule has 1 fully saturated rings. The number of fused-ring (bicyclic) bond motifs is 1. The van der Waals surface area contributed by atoms with Gasteiger partial charge in [0.05, 0.1) is 19.3 Å². The molecule has 0 aliphatic carbocycles. The van der Waals surface area contributed by atoms with Gasteiger partial charge in [-0.15, -0.1) is 0 Å². The minimum absolute atomic E-state index is 0.225. The summed E-state index contributed by atoms with van der Waals surface area (Å²) in [6.45, 7) is 5.45. The Morgan fingerprint density at radius 3 is 2.40 bits per heavy atom. The molecule has 0 unspecified atom stereocenters.